The normalized spacial score (nSPS) is 12.8. The highest BCUT2D eigenvalue weighted by molar-refractivity contribution is 6.05. The molecule has 2 N–H and O–H groups in total. The molecule has 4 rings (SSSR count). The van der Waals surface area contributed by atoms with Crippen LogP contribution in [0, 0.1) is 17.0 Å². The fourth-order valence-electron chi connectivity index (χ4n) is 2.87. The number of rotatable bonds is 7. The number of anilines is 2. The van der Waals surface area contributed by atoms with E-state index in [0.717, 1.165) is 18.4 Å². The van der Waals surface area contributed by atoms with E-state index < -0.39 is 10.8 Å². The van der Waals surface area contributed by atoms with Gasteiger partial charge in [-0.25, -0.2) is 9.97 Å². The van der Waals surface area contributed by atoms with Gasteiger partial charge in [-0.1, -0.05) is 0 Å². The number of nitrogens with zero attached hydrogens (tertiary/aromatic N) is 3. The predicted molar refractivity (Wildman–Crippen MR) is 111 cm³/mol. The molecule has 3 aromatic rings. The summed E-state index contributed by atoms with van der Waals surface area (Å²) in [5.41, 5.74) is 1.86. The van der Waals surface area contributed by atoms with Crippen LogP contribution < -0.4 is 15.4 Å². The summed E-state index contributed by atoms with van der Waals surface area (Å²) in [6, 6.07) is 11.8. The highest BCUT2D eigenvalue weighted by Gasteiger charge is 2.25. The average Bonchev–Trinajstić information content (AvgIpc) is 3.55. The number of carbonyl (C=O) groups is 1. The van der Waals surface area contributed by atoms with E-state index in [-0.39, 0.29) is 23.3 Å². The minimum atomic E-state index is -0.482. The molecule has 0 unspecified atom stereocenters. The summed E-state index contributed by atoms with van der Waals surface area (Å²) in [7, 11) is 0. The van der Waals surface area contributed by atoms with Gasteiger partial charge in [0.25, 0.3) is 11.6 Å². The molecule has 1 aliphatic carbocycles. The number of nitro benzene ring substituents is 1. The molecule has 30 heavy (non-hydrogen) atoms. The molecule has 1 aliphatic rings. The lowest BCUT2D eigenvalue weighted by Crippen LogP contribution is -2.14. The fourth-order valence-corrected chi connectivity index (χ4v) is 2.87. The number of aromatic nitrogens is 2. The Bertz CT molecular complexity index is 1100. The maximum atomic E-state index is 12.7. The maximum Gasteiger partial charge on any atom is 0.321 e. The zero-order valence-electron chi connectivity index (χ0n) is 16.2. The monoisotopic (exact) mass is 405 g/mol. The predicted octanol–water partition coefficient (Wildman–Crippen LogP) is 4.31. The van der Waals surface area contributed by atoms with Gasteiger partial charge in [-0.05, 0) is 61.7 Å². The number of carbonyl (C=O) groups excluding carboxylic acids is 1. The number of nitrogens with one attached hydrogen (secondary N) is 2. The van der Waals surface area contributed by atoms with Crippen molar-refractivity contribution in [1.29, 1.82) is 0 Å². The molecular weight excluding hydrogens is 386 g/mol. The highest BCUT2D eigenvalue weighted by Crippen LogP contribution is 2.32. The first kappa shape index (κ1) is 19.3. The van der Waals surface area contributed by atoms with Crippen molar-refractivity contribution in [2.45, 2.75) is 25.8 Å². The Kier molecular flexibility index (Phi) is 5.25. The Morgan fingerprint density at radius 1 is 1.13 bits per heavy atom. The van der Waals surface area contributed by atoms with Crippen LogP contribution >= 0.6 is 0 Å². The van der Waals surface area contributed by atoms with Gasteiger partial charge in [-0.15, -0.1) is 0 Å². The van der Waals surface area contributed by atoms with Crippen LogP contribution in [0.5, 0.6) is 11.8 Å². The Labute approximate surface area is 172 Å². The van der Waals surface area contributed by atoms with Crippen LogP contribution in [-0.2, 0) is 0 Å². The molecule has 0 saturated heterocycles. The summed E-state index contributed by atoms with van der Waals surface area (Å²) in [4.78, 5) is 31.6. The van der Waals surface area contributed by atoms with Crippen LogP contribution in [0.4, 0.5) is 17.1 Å². The lowest BCUT2D eigenvalue weighted by molar-refractivity contribution is -0.384. The molecule has 0 aliphatic heterocycles. The summed E-state index contributed by atoms with van der Waals surface area (Å²) in [6.07, 6.45) is 5.15. The molecule has 0 spiro atoms. The molecule has 1 fully saturated rings. The molecular formula is C21H19N5O4. The highest BCUT2D eigenvalue weighted by atomic mass is 16.6. The van der Waals surface area contributed by atoms with Crippen molar-refractivity contribution in [2.24, 2.45) is 0 Å². The third-order valence-corrected chi connectivity index (χ3v) is 4.59. The minimum absolute atomic E-state index is 0.113. The van der Waals surface area contributed by atoms with Crippen LogP contribution in [0.2, 0.25) is 0 Å². The van der Waals surface area contributed by atoms with Gasteiger partial charge in [0.2, 0.25) is 0 Å². The number of hydrogen-bond acceptors (Lipinski definition) is 7. The molecule has 152 valence electrons. The maximum absolute atomic E-state index is 12.7. The molecule has 0 radical (unpaired) electrons. The molecule has 1 saturated carbocycles. The van der Waals surface area contributed by atoms with E-state index >= 15 is 0 Å². The van der Waals surface area contributed by atoms with Crippen molar-refractivity contribution in [3.05, 3.63) is 76.1 Å². The lowest BCUT2D eigenvalue weighted by atomic mass is 10.1. The largest absolute Gasteiger partial charge is 0.424 e. The van der Waals surface area contributed by atoms with Gasteiger partial charge in [-0.3, -0.25) is 14.9 Å². The van der Waals surface area contributed by atoms with E-state index in [1.54, 1.807) is 48.8 Å². The van der Waals surface area contributed by atoms with Gasteiger partial charge in [0.15, 0.2) is 0 Å². The number of amides is 1. The van der Waals surface area contributed by atoms with E-state index in [4.69, 9.17) is 4.74 Å². The molecule has 9 nitrogen and oxygen atoms in total. The molecule has 2 aromatic carbocycles. The second kappa shape index (κ2) is 8.16. The van der Waals surface area contributed by atoms with E-state index in [0.29, 0.717) is 17.1 Å². The van der Waals surface area contributed by atoms with Crippen molar-refractivity contribution in [1.82, 2.24) is 9.97 Å². The zero-order valence-corrected chi connectivity index (χ0v) is 16.2. The molecule has 1 aromatic heterocycles. The van der Waals surface area contributed by atoms with Gasteiger partial charge in [0.1, 0.15) is 11.4 Å². The topological polar surface area (TPSA) is 119 Å². The van der Waals surface area contributed by atoms with Crippen LogP contribution in [0.3, 0.4) is 0 Å². The lowest BCUT2D eigenvalue weighted by Gasteiger charge is -2.11. The summed E-state index contributed by atoms with van der Waals surface area (Å²) >= 11 is 0. The Morgan fingerprint density at radius 2 is 1.87 bits per heavy atom. The van der Waals surface area contributed by atoms with Gasteiger partial charge in [-0.2, -0.15) is 0 Å². The number of nitro groups is 1. The SMILES string of the molecule is Cc1cc(Oc2ncccn2)ccc1NC(=O)c1ccc(NC2CC2)c([N+](=O)[O-])c1. The van der Waals surface area contributed by atoms with Crippen LogP contribution in [-0.4, -0.2) is 26.8 Å². The summed E-state index contributed by atoms with van der Waals surface area (Å²) in [6.45, 7) is 1.82. The van der Waals surface area contributed by atoms with Crippen molar-refractivity contribution in [3.63, 3.8) is 0 Å². The number of ether oxygens (including phenoxy) is 1. The van der Waals surface area contributed by atoms with Crippen LogP contribution in [0.25, 0.3) is 0 Å². The van der Waals surface area contributed by atoms with E-state index in [9.17, 15) is 14.9 Å². The second-order valence-corrected chi connectivity index (χ2v) is 6.97. The van der Waals surface area contributed by atoms with Crippen LogP contribution in [0.15, 0.2) is 54.9 Å². The van der Waals surface area contributed by atoms with Crippen molar-refractivity contribution < 1.29 is 14.5 Å². The van der Waals surface area contributed by atoms with Gasteiger partial charge in [0, 0.05) is 35.8 Å². The van der Waals surface area contributed by atoms with Gasteiger partial charge >= 0.3 is 6.01 Å². The minimum Gasteiger partial charge on any atom is -0.424 e. The van der Waals surface area contributed by atoms with E-state index in [1.165, 1.54) is 6.07 Å². The van der Waals surface area contributed by atoms with Gasteiger partial charge in [0.05, 0.1) is 4.92 Å². The average molecular weight is 405 g/mol. The quantitative estimate of drug-likeness (QED) is 0.444. The first-order chi connectivity index (χ1) is 14.5. The number of aryl methyl sites for hydroxylation is 1. The molecule has 0 bridgehead atoms. The van der Waals surface area contributed by atoms with E-state index in [2.05, 4.69) is 20.6 Å². The third kappa shape index (κ3) is 4.52. The molecule has 0 atom stereocenters. The second-order valence-electron chi connectivity index (χ2n) is 6.97. The summed E-state index contributed by atoms with van der Waals surface area (Å²) < 4.78 is 5.58. The van der Waals surface area contributed by atoms with Crippen LogP contribution in [0.1, 0.15) is 28.8 Å². The number of hydrogen-bond donors (Lipinski definition) is 2. The van der Waals surface area contributed by atoms with Gasteiger partial charge < -0.3 is 15.4 Å². The van der Waals surface area contributed by atoms with Crippen molar-refractivity contribution in [2.75, 3.05) is 10.6 Å². The molecule has 9 heteroatoms. The van der Waals surface area contributed by atoms with E-state index in [1.807, 2.05) is 6.92 Å². The fraction of sp³-hybridized carbons (Fsp3) is 0.190. The molecule has 1 amide bonds. The molecule has 1 heterocycles. The first-order valence-corrected chi connectivity index (χ1v) is 9.41. The van der Waals surface area contributed by atoms with Crippen molar-refractivity contribution in [3.8, 4) is 11.8 Å². The summed E-state index contributed by atoms with van der Waals surface area (Å²) in [5.74, 6) is 0.0991. The summed E-state index contributed by atoms with van der Waals surface area (Å²) in [5, 5.41) is 17.3. The smallest absolute Gasteiger partial charge is 0.321 e. The third-order valence-electron chi connectivity index (χ3n) is 4.59. The Morgan fingerprint density at radius 3 is 2.53 bits per heavy atom. The van der Waals surface area contributed by atoms with Crippen molar-refractivity contribution >= 4 is 23.0 Å². The Balaban J connectivity index is 1.49. The zero-order chi connectivity index (χ0) is 21.1. The first-order valence-electron chi connectivity index (χ1n) is 9.41. The standard InChI is InChI=1S/C21H19N5O4/c1-13-11-16(30-21-22-9-2-10-23-21)6-8-17(13)25-20(27)14-3-7-18(24-15-4-5-15)19(12-14)26(28)29/h2-3,6-12,15,24H,4-5H2,1H3,(H,25,27). The number of benzene rings is 2. The Hall–Kier alpha value is -4.01.